The number of rotatable bonds is 5. The minimum Gasteiger partial charge on any atom is -0.857 e. The first-order chi connectivity index (χ1) is 5.91. The van der Waals surface area contributed by atoms with Gasteiger partial charge in [-0.1, -0.05) is 0 Å². The van der Waals surface area contributed by atoms with Gasteiger partial charge in [0.05, 0.1) is 0 Å². The molecule has 0 aromatic rings. The Kier molecular flexibility index (Phi) is 45.9. The standard InChI is InChI=1S/C4H10N.C2H5.2CH3O.Sn/c1-2-3-4-5;3*1-2;/h1-5H2;1H2,2H3;2*1H3;/q;;2*-1;+2. The first-order valence-corrected chi connectivity index (χ1v) is 8.18. The number of nitrogens with two attached hydrogens (primary N) is 1. The Morgan fingerprint density at radius 2 is 1.58 bits per heavy atom. The molecule has 0 saturated carbocycles. The van der Waals surface area contributed by atoms with Crippen LogP contribution in [0.4, 0.5) is 0 Å². The number of hydrogen-bond donors (Lipinski definition) is 1. The molecule has 0 aliphatic rings. The third-order valence-corrected chi connectivity index (χ3v) is 4.50. The van der Waals surface area contributed by atoms with Crippen molar-refractivity contribution in [3.8, 4) is 0 Å². The van der Waals surface area contributed by atoms with Crippen molar-refractivity contribution in [3.05, 3.63) is 0 Å². The molecule has 74 valence electrons. The van der Waals surface area contributed by atoms with E-state index in [-0.39, 0.29) is 21.1 Å². The zero-order chi connectivity index (χ0) is 10.2. The van der Waals surface area contributed by atoms with E-state index in [0.717, 1.165) is 20.8 Å². The van der Waals surface area contributed by atoms with Gasteiger partial charge >= 0.3 is 62.1 Å². The first-order valence-electron chi connectivity index (χ1n) is 4.14. The minimum absolute atomic E-state index is 0.115. The zero-order valence-corrected chi connectivity index (χ0v) is 11.3. The minimum atomic E-state index is 0.115. The SMILES string of the molecule is C[CH2][Sn+2][CH2]CCCN.C[O-].C[O-]. The van der Waals surface area contributed by atoms with Gasteiger partial charge in [-0.25, -0.2) is 0 Å². The van der Waals surface area contributed by atoms with Gasteiger partial charge in [-0.2, -0.15) is 14.2 Å². The van der Waals surface area contributed by atoms with E-state index in [1.807, 2.05) is 0 Å². The van der Waals surface area contributed by atoms with Gasteiger partial charge in [0.1, 0.15) is 0 Å². The topological polar surface area (TPSA) is 72.1 Å². The zero-order valence-electron chi connectivity index (χ0n) is 8.43. The van der Waals surface area contributed by atoms with Gasteiger partial charge in [-0.05, 0) is 0 Å². The molecular formula is C8H21NO2Sn. The summed E-state index contributed by atoms with van der Waals surface area (Å²) in [6.45, 7) is 3.19. The number of hydrogen-bond acceptors (Lipinski definition) is 3. The van der Waals surface area contributed by atoms with Crippen LogP contribution in [-0.2, 0) is 0 Å². The molecule has 0 aromatic carbocycles. The number of unbranched alkanes of at least 4 members (excludes halogenated alkanes) is 1. The average Bonchev–Trinajstić information content (AvgIpc) is 2.19. The van der Waals surface area contributed by atoms with E-state index < -0.39 is 0 Å². The van der Waals surface area contributed by atoms with E-state index in [1.165, 1.54) is 21.7 Å². The summed E-state index contributed by atoms with van der Waals surface area (Å²) in [5, 5.41) is 16.5. The Balaban J connectivity index is -0.000000175. The monoisotopic (exact) mass is 283 g/mol. The molecule has 0 amide bonds. The van der Waals surface area contributed by atoms with Gasteiger partial charge in [0.25, 0.3) is 0 Å². The summed E-state index contributed by atoms with van der Waals surface area (Å²) >= 11 is 0.115. The molecule has 2 N–H and O–H groups in total. The van der Waals surface area contributed by atoms with Crippen molar-refractivity contribution in [3.63, 3.8) is 0 Å². The van der Waals surface area contributed by atoms with Gasteiger partial charge in [-0.15, -0.1) is 0 Å². The molecule has 12 heavy (non-hydrogen) atoms. The molecule has 0 rings (SSSR count). The van der Waals surface area contributed by atoms with Crippen LogP contribution in [0.5, 0.6) is 0 Å². The van der Waals surface area contributed by atoms with Crippen LogP contribution in [-0.4, -0.2) is 41.9 Å². The molecule has 4 heteroatoms. The molecule has 0 atom stereocenters. The smallest absolute Gasteiger partial charge is 0.153 e. The molecule has 0 aliphatic carbocycles. The van der Waals surface area contributed by atoms with Crippen molar-refractivity contribution in [1.29, 1.82) is 0 Å². The summed E-state index contributed by atoms with van der Waals surface area (Å²) in [6.07, 6.45) is 2.65. The second-order valence-electron chi connectivity index (χ2n) is 1.85. The molecule has 0 unspecified atom stereocenters. The molecule has 0 aromatic heterocycles. The third kappa shape index (κ3) is 31.0. The molecule has 3 nitrogen and oxygen atoms in total. The second kappa shape index (κ2) is 29.9. The second-order valence-corrected chi connectivity index (χ2v) is 6.72. The first kappa shape index (κ1) is 18.5. The van der Waals surface area contributed by atoms with Crippen LogP contribution in [0.2, 0.25) is 8.87 Å². The van der Waals surface area contributed by atoms with E-state index in [4.69, 9.17) is 15.9 Å². The molecule has 0 radical (unpaired) electrons. The van der Waals surface area contributed by atoms with Crippen molar-refractivity contribution < 1.29 is 10.2 Å². The normalized spacial score (nSPS) is 6.83. The predicted octanol–water partition coefficient (Wildman–Crippen LogP) is -0.761. The quantitative estimate of drug-likeness (QED) is 0.532. The molecule has 0 aliphatic heterocycles. The van der Waals surface area contributed by atoms with Crippen LogP contribution in [0, 0.1) is 0 Å². The summed E-state index contributed by atoms with van der Waals surface area (Å²) in [5.74, 6) is 0. The van der Waals surface area contributed by atoms with E-state index in [9.17, 15) is 0 Å². The Hall–Kier alpha value is 0.679. The maximum absolute atomic E-state index is 8.25. The summed E-state index contributed by atoms with van der Waals surface area (Å²) in [6, 6.07) is 0. The Labute approximate surface area is 86.6 Å². The van der Waals surface area contributed by atoms with Crippen LogP contribution in [0.25, 0.3) is 0 Å². The van der Waals surface area contributed by atoms with Crippen LogP contribution >= 0.6 is 0 Å². The van der Waals surface area contributed by atoms with Crippen molar-refractivity contribution in [2.45, 2.75) is 28.6 Å². The van der Waals surface area contributed by atoms with Gasteiger partial charge < -0.3 is 10.2 Å². The summed E-state index contributed by atoms with van der Waals surface area (Å²) in [5.41, 5.74) is 5.33. The van der Waals surface area contributed by atoms with Crippen molar-refractivity contribution in [2.24, 2.45) is 5.73 Å². The van der Waals surface area contributed by atoms with Crippen molar-refractivity contribution in [1.82, 2.24) is 0 Å². The van der Waals surface area contributed by atoms with E-state index in [2.05, 4.69) is 6.92 Å². The van der Waals surface area contributed by atoms with Crippen LogP contribution in [0.15, 0.2) is 0 Å². The molecule has 0 heterocycles. The summed E-state index contributed by atoms with van der Waals surface area (Å²) in [4.78, 5) is 0. The van der Waals surface area contributed by atoms with E-state index in [1.54, 1.807) is 0 Å². The maximum atomic E-state index is 8.25. The Bertz CT molecular complexity index is 42.0. The van der Waals surface area contributed by atoms with Crippen LogP contribution in [0.1, 0.15) is 19.8 Å². The van der Waals surface area contributed by atoms with Gasteiger partial charge in [0.2, 0.25) is 0 Å². The van der Waals surface area contributed by atoms with Crippen LogP contribution < -0.4 is 15.9 Å². The molecule has 0 fully saturated rings. The fraction of sp³-hybridized carbons (Fsp3) is 1.00. The van der Waals surface area contributed by atoms with E-state index >= 15 is 0 Å². The fourth-order valence-corrected chi connectivity index (χ4v) is 3.01. The van der Waals surface area contributed by atoms with Gasteiger partial charge in [-0.3, -0.25) is 0 Å². The van der Waals surface area contributed by atoms with Crippen molar-refractivity contribution in [2.75, 3.05) is 20.8 Å². The van der Waals surface area contributed by atoms with Crippen LogP contribution in [0.3, 0.4) is 0 Å². The summed E-state index contributed by atoms with van der Waals surface area (Å²) < 4.78 is 3.03. The molecule has 0 saturated heterocycles. The van der Waals surface area contributed by atoms with Gasteiger partial charge in [0, 0.05) is 0 Å². The van der Waals surface area contributed by atoms with Crippen molar-refractivity contribution >= 4 is 21.1 Å². The molecule has 0 bridgehead atoms. The molecule has 0 spiro atoms. The Morgan fingerprint density at radius 3 is 1.92 bits per heavy atom. The van der Waals surface area contributed by atoms with E-state index in [0.29, 0.717) is 0 Å². The Morgan fingerprint density at radius 1 is 1.08 bits per heavy atom. The largest absolute Gasteiger partial charge is 0.857 e. The average molecular weight is 282 g/mol. The third-order valence-electron chi connectivity index (χ3n) is 1.06. The van der Waals surface area contributed by atoms with Gasteiger partial charge in [0.15, 0.2) is 0 Å². The molecular weight excluding hydrogens is 261 g/mol. The predicted molar refractivity (Wildman–Crippen MR) is 51.2 cm³/mol. The maximum Gasteiger partial charge on any atom is -0.153 e. The summed E-state index contributed by atoms with van der Waals surface area (Å²) in [7, 11) is 1.50. The fourth-order valence-electron chi connectivity index (χ4n) is 0.571.